The molecule has 4 nitrogen and oxygen atoms in total. The normalized spacial score (nSPS) is 14.0. The highest BCUT2D eigenvalue weighted by molar-refractivity contribution is 5.77. The number of benzene rings is 2. The third kappa shape index (κ3) is 5.48. The molecule has 128 valence electrons. The van der Waals surface area contributed by atoms with E-state index in [0.717, 1.165) is 5.56 Å². The number of carbonyl (C=O) groups excluding carboxylic acids is 1. The molecule has 0 aliphatic heterocycles. The smallest absolute Gasteiger partial charge is 0.326 e. The fourth-order valence-electron chi connectivity index (χ4n) is 2.36. The summed E-state index contributed by atoms with van der Waals surface area (Å²) in [6.45, 7) is 5.91. The molecule has 0 radical (unpaired) electrons. The van der Waals surface area contributed by atoms with Crippen LogP contribution in [-0.4, -0.2) is 22.7 Å². The number of esters is 1. The van der Waals surface area contributed by atoms with Gasteiger partial charge in [-0.1, -0.05) is 60.7 Å². The Bertz CT molecular complexity index is 635. The molecule has 2 N–H and O–H groups in total. The summed E-state index contributed by atoms with van der Waals surface area (Å²) in [6.07, 6.45) is -0.982. The summed E-state index contributed by atoms with van der Waals surface area (Å²) in [7, 11) is 0. The van der Waals surface area contributed by atoms with Gasteiger partial charge in [-0.2, -0.15) is 0 Å². The molecule has 0 heterocycles. The Morgan fingerprint density at radius 3 is 2.12 bits per heavy atom. The fraction of sp³-hybridized carbons (Fsp3) is 0.350. The molecule has 0 aromatic heterocycles. The van der Waals surface area contributed by atoms with Gasteiger partial charge in [0.15, 0.2) is 0 Å². The number of aliphatic hydroxyl groups is 1. The summed E-state index contributed by atoms with van der Waals surface area (Å²) in [5, 5.41) is 13.8. The summed E-state index contributed by atoms with van der Waals surface area (Å²) in [5.74, 6) is -0.463. The maximum Gasteiger partial charge on any atom is 0.326 e. The number of hydrogen-bond donors (Lipinski definition) is 2. The lowest BCUT2D eigenvalue weighted by Gasteiger charge is -2.27. The number of ether oxygens (including phenoxy) is 1. The van der Waals surface area contributed by atoms with E-state index in [0.29, 0.717) is 12.1 Å². The van der Waals surface area contributed by atoms with Crippen molar-refractivity contribution in [3.05, 3.63) is 71.8 Å². The highest BCUT2D eigenvalue weighted by Crippen LogP contribution is 2.20. The predicted molar refractivity (Wildman–Crippen MR) is 94.3 cm³/mol. The molecule has 24 heavy (non-hydrogen) atoms. The second kappa shape index (κ2) is 8.08. The van der Waals surface area contributed by atoms with Crippen molar-refractivity contribution >= 4 is 5.97 Å². The lowest BCUT2D eigenvalue weighted by Crippen LogP contribution is -2.45. The Hall–Kier alpha value is -2.17. The van der Waals surface area contributed by atoms with Gasteiger partial charge in [0.1, 0.15) is 17.7 Å². The number of nitrogens with one attached hydrogen (secondary N) is 1. The molecule has 0 amide bonds. The van der Waals surface area contributed by atoms with Crippen molar-refractivity contribution in [1.29, 1.82) is 0 Å². The first-order valence-corrected chi connectivity index (χ1v) is 8.10. The van der Waals surface area contributed by atoms with Gasteiger partial charge in [-0.05, 0) is 31.9 Å². The molecule has 0 aliphatic carbocycles. The van der Waals surface area contributed by atoms with Crippen LogP contribution in [0, 0.1) is 0 Å². The number of hydrogen-bond acceptors (Lipinski definition) is 4. The van der Waals surface area contributed by atoms with E-state index < -0.39 is 23.7 Å². The standard InChI is InChI=1S/C20H25NO3/c1-20(2,3)24-19(23)17(18(22)16-12-8-5-9-13-16)21-14-15-10-6-4-7-11-15/h4-13,17-18,21-22H,14H2,1-3H3/t17-,18+/m1/s1. The Morgan fingerprint density at radius 2 is 1.58 bits per heavy atom. The molecule has 0 unspecified atom stereocenters. The average Bonchev–Trinajstić information content (AvgIpc) is 2.55. The van der Waals surface area contributed by atoms with E-state index in [1.165, 1.54) is 0 Å². The number of carbonyl (C=O) groups is 1. The van der Waals surface area contributed by atoms with Crippen LogP contribution >= 0.6 is 0 Å². The zero-order chi connectivity index (χ0) is 17.6. The van der Waals surface area contributed by atoms with Crippen molar-refractivity contribution < 1.29 is 14.6 Å². The summed E-state index contributed by atoms with van der Waals surface area (Å²) >= 11 is 0. The van der Waals surface area contributed by atoms with Crippen LogP contribution in [0.25, 0.3) is 0 Å². The molecule has 2 aromatic rings. The van der Waals surface area contributed by atoms with Crippen LogP contribution in [0.1, 0.15) is 38.0 Å². The summed E-state index contributed by atoms with van der Waals surface area (Å²) in [6, 6.07) is 18.0. The molecule has 0 spiro atoms. The molecule has 4 heteroatoms. The van der Waals surface area contributed by atoms with E-state index in [1.54, 1.807) is 12.1 Å². The van der Waals surface area contributed by atoms with Gasteiger partial charge < -0.3 is 9.84 Å². The van der Waals surface area contributed by atoms with Crippen LogP contribution in [0.15, 0.2) is 60.7 Å². The lowest BCUT2D eigenvalue weighted by molar-refractivity contribution is -0.160. The quantitative estimate of drug-likeness (QED) is 0.800. The molecular weight excluding hydrogens is 302 g/mol. The van der Waals surface area contributed by atoms with E-state index in [4.69, 9.17) is 4.74 Å². The van der Waals surface area contributed by atoms with E-state index >= 15 is 0 Å². The second-order valence-corrected chi connectivity index (χ2v) is 6.73. The summed E-state index contributed by atoms with van der Waals surface area (Å²) in [5.41, 5.74) is 1.10. The van der Waals surface area contributed by atoms with Gasteiger partial charge in [-0.3, -0.25) is 10.1 Å². The van der Waals surface area contributed by atoms with E-state index in [9.17, 15) is 9.90 Å². The highest BCUT2D eigenvalue weighted by Gasteiger charge is 2.31. The third-order valence-electron chi connectivity index (χ3n) is 3.49. The molecular formula is C20H25NO3. The Labute approximate surface area is 143 Å². The minimum absolute atomic E-state index is 0.463. The second-order valence-electron chi connectivity index (χ2n) is 6.73. The molecule has 2 rings (SSSR count). The molecule has 0 fully saturated rings. The van der Waals surface area contributed by atoms with Gasteiger partial charge in [0.05, 0.1) is 0 Å². The number of rotatable bonds is 6. The topological polar surface area (TPSA) is 58.6 Å². The van der Waals surface area contributed by atoms with E-state index in [1.807, 2.05) is 69.3 Å². The van der Waals surface area contributed by atoms with Crippen LogP contribution in [0.4, 0.5) is 0 Å². The monoisotopic (exact) mass is 327 g/mol. The van der Waals surface area contributed by atoms with Crippen LogP contribution in [-0.2, 0) is 16.1 Å². The average molecular weight is 327 g/mol. The zero-order valence-electron chi connectivity index (χ0n) is 14.4. The van der Waals surface area contributed by atoms with Gasteiger partial charge >= 0.3 is 5.97 Å². The first-order chi connectivity index (χ1) is 11.4. The fourth-order valence-corrected chi connectivity index (χ4v) is 2.36. The van der Waals surface area contributed by atoms with E-state index in [-0.39, 0.29) is 0 Å². The van der Waals surface area contributed by atoms with Crippen molar-refractivity contribution in [2.24, 2.45) is 0 Å². The Balaban J connectivity index is 2.15. The molecule has 2 atom stereocenters. The number of aliphatic hydroxyl groups excluding tert-OH is 1. The van der Waals surface area contributed by atoms with Crippen molar-refractivity contribution in [2.75, 3.05) is 0 Å². The maximum atomic E-state index is 12.6. The lowest BCUT2D eigenvalue weighted by atomic mass is 10.0. The largest absolute Gasteiger partial charge is 0.459 e. The maximum absolute atomic E-state index is 12.6. The van der Waals surface area contributed by atoms with Crippen molar-refractivity contribution in [1.82, 2.24) is 5.32 Å². The Morgan fingerprint density at radius 1 is 1.04 bits per heavy atom. The Kier molecular flexibility index (Phi) is 6.12. The molecule has 0 aliphatic rings. The van der Waals surface area contributed by atoms with Crippen LogP contribution in [0.2, 0.25) is 0 Å². The van der Waals surface area contributed by atoms with Gasteiger partial charge in [0.2, 0.25) is 0 Å². The first-order valence-electron chi connectivity index (χ1n) is 8.10. The minimum Gasteiger partial charge on any atom is -0.459 e. The van der Waals surface area contributed by atoms with Crippen molar-refractivity contribution in [3.8, 4) is 0 Å². The van der Waals surface area contributed by atoms with Gasteiger partial charge in [-0.25, -0.2) is 0 Å². The van der Waals surface area contributed by atoms with Crippen molar-refractivity contribution in [3.63, 3.8) is 0 Å². The van der Waals surface area contributed by atoms with Crippen LogP contribution in [0.5, 0.6) is 0 Å². The van der Waals surface area contributed by atoms with E-state index in [2.05, 4.69) is 5.32 Å². The first kappa shape index (κ1) is 18.2. The van der Waals surface area contributed by atoms with Gasteiger partial charge in [-0.15, -0.1) is 0 Å². The molecule has 0 bridgehead atoms. The van der Waals surface area contributed by atoms with Gasteiger partial charge in [0, 0.05) is 6.54 Å². The minimum atomic E-state index is -0.982. The van der Waals surface area contributed by atoms with Gasteiger partial charge in [0.25, 0.3) is 0 Å². The molecule has 0 saturated heterocycles. The molecule has 2 aromatic carbocycles. The van der Waals surface area contributed by atoms with Crippen LogP contribution < -0.4 is 5.32 Å². The van der Waals surface area contributed by atoms with Crippen molar-refractivity contribution in [2.45, 2.75) is 45.1 Å². The third-order valence-corrected chi connectivity index (χ3v) is 3.49. The van der Waals surface area contributed by atoms with Crippen LogP contribution in [0.3, 0.4) is 0 Å². The zero-order valence-corrected chi connectivity index (χ0v) is 14.4. The summed E-state index contributed by atoms with van der Waals surface area (Å²) in [4.78, 5) is 12.6. The highest BCUT2D eigenvalue weighted by atomic mass is 16.6. The summed E-state index contributed by atoms with van der Waals surface area (Å²) < 4.78 is 5.47. The predicted octanol–water partition coefficient (Wildman–Crippen LogP) is 3.22. The molecule has 0 saturated carbocycles. The SMILES string of the molecule is CC(C)(C)OC(=O)[C@H](NCc1ccccc1)[C@@H](O)c1ccccc1.